The van der Waals surface area contributed by atoms with E-state index in [-0.39, 0.29) is 13.1 Å². The van der Waals surface area contributed by atoms with Gasteiger partial charge in [-0.3, -0.25) is 4.90 Å². The standard InChI is InChI=1S/C16H28N2O6/c1-15(2,3)23-13(21)17-8-7-9-18(11(10-17)12(19)20)14(22)24-16(4,5)6/h11H,7-10H2,1-6H3,(H,19,20). The number of amides is 2. The highest BCUT2D eigenvalue weighted by Gasteiger charge is 2.38. The molecule has 1 heterocycles. The molecule has 138 valence electrons. The molecule has 1 unspecified atom stereocenters. The van der Waals surface area contributed by atoms with Gasteiger partial charge in [0.1, 0.15) is 11.2 Å². The van der Waals surface area contributed by atoms with Crippen molar-refractivity contribution in [2.45, 2.75) is 65.2 Å². The number of carbonyl (C=O) groups is 3. The zero-order valence-electron chi connectivity index (χ0n) is 15.3. The largest absolute Gasteiger partial charge is 0.480 e. The van der Waals surface area contributed by atoms with Crippen molar-refractivity contribution in [1.82, 2.24) is 9.80 Å². The Morgan fingerprint density at radius 2 is 1.42 bits per heavy atom. The first kappa shape index (κ1) is 20.1. The van der Waals surface area contributed by atoms with Crippen molar-refractivity contribution >= 4 is 18.2 Å². The molecule has 0 aromatic heterocycles. The summed E-state index contributed by atoms with van der Waals surface area (Å²) in [5.41, 5.74) is -1.40. The summed E-state index contributed by atoms with van der Waals surface area (Å²) in [6.07, 6.45) is -0.830. The summed E-state index contributed by atoms with van der Waals surface area (Å²) >= 11 is 0. The number of hydrogen-bond donors (Lipinski definition) is 1. The van der Waals surface area contributed by atoms with Crippen LogP contribution in [0.3, 0.4) is 0 Å². The van der Waals surface area contributed by atoms with Gasteiger partial charge in [0.25, 0.3) is 0 Å². The maximum Gasteiger partial charge on any atom is 0.411 e. The number of carbonyl (C=O) groups excluding carboxylic acids is 2. The fourth-order valence-electron chi connectivity index (χ4n) is 2.23. The number of rotatable bonds is 1. The maximum atomic E-state index is 12.3. The third-order valence-corrected chi connectivity index (χ3v) is 3.16. The maximum absolute atomic E-state index is 12.3. The second-order valence-electron chi connectivity index (χ2n) is 7.81. The van der Waals surface area contributed by atoms with E-state index in [2.05, 4.69) is 0 Å². The summed E-state index contributed by atoms with van der Waals surface area (Å²) < 4.78 is 10.6. The smallest absolute Gasteiger partial charge is 0.411 e. The second kappa shape index (κ2) is 7.27. The molecule has 0 spiro atoms. The lowest BCUT2D eigenvalue weighted by molar-refractivity contribution is -0.143. The van der Waals surface area contributed by atoms with Crippen LogP contribution in [0, 0.1) is 0 Å². The van der Waals surface area contributed by atoms with Crippen molar-refractivity contribution < 1.29 is 29.0 Å². The molecule has 8 nitrogen and oxygen atoms in total. The van der Waals surface area contributed by atoms with Crippen molar-refractivity contribution in [1.29, 1.82) is 0 Å². The number of hydrogen-bond acceptors (Lipinski definition) is 5. The molecule has 0 radical (unpaired) electrons. The minimum atomic E-state index is -1.18. The molecule has 0 aliphatic carbocycles. The quantitative estimate of drug-likeness (QED) is 0.784. The molecular weight excluding hydrogens is 316 g/mol. The third-order valence-electron chi connectivity index (χ3n) is 3.16. The Kier molecular flexibility index (Phi) is 6.08. The van der Waals surface area contributed by atoms with Gasteiger partial charge < -0.3 is 19.5 Å². The monoisotopic (exact) mass is 344 g/mol. The van der Waals surface area contributed by atoms with Crippen LogP contribution in [-0.4, -0.2) is 69.9 Å². The Labute approximate surface area is 142 Å². The molecule has 1 aliphatic heterocycles. The molecule has 1 fully saturated rings. The van der Waals surface area contributed by atoms with Crippen molar-refractivity contribution in [2.75, 3.05) is 19.6 Å². The van der Waals surface area contributed by atoms with Gasteiger partial charge in [-0.05, 0) is 48.0 Å². The molecule has 0 aromatic rings. The lowest BCUT2D eigenvalue weighted by atomic mass is 10.2. The van der Waals surface area contributed by atoms with Crippen molar-refractivity contribution in [3.05, 3.63) is 0 Å². The first-order valence-corrected chi connectivity index (χ1v) is 8.00. The van der Waals surface area contributed by atoms with Crippen LogP contribution in [-0.2, 0) is 14.3 Å². The first-order valence-electron chi connectivity index (χ1n) is 8.00. The summed E-state index contributed by atoms with van der Waals surface area (Å²) in [5, 5.41) is 9.48. The van der Waals surface area contributed by atoms with Gasteiger partial charge in [-0.25, -0.2) is 14.4 Å². The van der Waals surface area contributed by atoms with E-state index >= 15 is 0 Å². The van der Waals surface area contributed by atoms with Crippen LogP contribution in [0.25, 0.3) is 0 Å². The van der Waals surface area contributed by atoms with Gasteiger partial charge in [0.15, 0.2) is 6.04 Å². The van der Waals surface area contributed by atoms with Gasteiger partial charge in [0.05, 0.1) is 6.54 Å². The molecule has 24 heavy (non-hydrogen) atoms. The highest BCUT2D eigenvalue weighted by atomic mass is 16.6. The fraction of sp³-hybridized carbons (Fsp3) is 0.812. The molecule has 1 saturated heterocycles. The zero-order chi connectivity index (χ0) is 18.7. The molecule has 0 aromatic carbocycles. The molecule has 0 saturated carbocycles. The van der Waals surface area contributed by atoms with Crippen molar-refractivity contribution in [3.8, 4) is 0 Å². The van der Waals surface area contributed by atoms with Crippen LogP contribution in [0.5, 0.6) is 0 Å². The molecule has 1 aliphatic rings. The Morgan fingerprint density at radius 1 is 0.917 bits per heavy atom. The van der Waals surface area contributed by atoms with E-state index in [4.69, 9.17) is 9.47 Å². The number of nitrogens with zero attached hydrogens (tertiary/aromatic N) is 2. The Morgan fingerprint density at radius 3 is 1.88 bits per heavy atom. The van der Waals surface area contributed by atoms with Crippen LogP contribution < -0.4 is 0 Å². The number of ether oxygens (including phenoxy) is 2. The predicted octanol–water partition coefficient (Wildman–Crippen LogP) is 2.32. The van der Waals surface area contributed by atoms with Crippen LogP contribution in [0.4, 0.5) is 9.59 Å². The van der Waals surface area contributed by atoms with E-state index in [1.807, 2.05) is 0 Å². The lowest BCUT2D eigenvalue weighted by Crippen LogP contribution is -2.51. The van der Waals surface area contributed by atoms with Crippen LogP contribution in [0.15, 0.2) is 0 Å². The van der Waals surface area contributed by atoms with Crippen LogP contribution in [0.1, 0.15) is 48.0 Å². The first-order chi connectivity index (χ1) is 10.8. The van der Waals surface area contributed by atoms with Crippen molar-refractivity contribution in [3.63, 3.8) is 0 Å². The Hall–Kier alpha value is -1.99. The van der Waals surface area contributed by atoms with Gasteiger partial charge in [-0.15, -0.1) is 0 Å². The van der Waals surface area contributed by atoms with Gasteiger partial charge in [-0.1, -0.05) is 0 Å². The summed E-state index contributed by atoms with van der Waals surface area (Å²) in [7, 11) is 0. The Balaban J connectivity index is 2.91. The molecule has 8 heteroatoms. The SMILES string of the molecule is CC(C)(C)OC(=O)N1CCCN(C(=O)OC(C)(C)C)C(C(=O)O)C1. The lowest BCUT2D eigenvalue weighted by Gasteiger charge is -2.31. The van der Waals surface area contributed by atoms with E-state index in [1.54, 1.807) is 41.5 Å². The van der Waals surface area contributed by atoms with E-state index < -0.39 is 35.4 Å². The minimum Gasteiger partial charge on any atom is -0.480 e. The second-order valence-corrected chi connectivity index (χ2v) is 7.81. The molecule has 2 amide bonds. The van der Waals surface area contributed by atoms with Crippen LogP contribution in [0.2, 0.25) is 0 Å². The molecule has 1 N–H and O–H groups in total. The summed E-state index contributed by atoms with van der Waals surface area (Å²) in [5.74, 6) is -1.18. The highest BCUT2D eigenvalue weighted by Crippen LogP contribution is 2.18. The molecule has 1 rings (SSSR count). The molecular formula is C16H28N2O6. The van der Waals surface area contributed by atoms with Gasteiger partial charge in [0, 0.05) is 13.1 Å². The fourth-order valence-corrected chi connectivity index (χ4v) is 2.23. The van der Waals surface area contributed by atoms with Gasteiger partial charge in [-0.2, -0.15) is 0 Å². The Bertz CT molecular complexity index is 492. The van der Waals surface area contributed by atoms with Gasteiger partial charge >= 0.3 is 18.2 Å². The predicted molar refractivity (Wildman–Crippen MR) is 86.8 cm³/mol. The molecule has 0 bridgehead atoms. The van der Waals surface area contributed by atoms with E-state index in [1.165, 1.54) is 4.90 Å². The van der Waals surface area contributed by atoms with E-state index in [0.29, 0.717) is 13.0 Å². The summed E-state index contributed by atoms with van der Waals surface area (Å²) in [4.78, 5) is 38.6. The topological polar surface area (TPSA) is 96.4 Å². The molecule has 1 atom stereocenters. The van der Waals surface area contributed by atoms with Crippen molar-refractivity contribution in [2.24, 2.45) is 0 Å². The average Bonchev–Trinajstić information content (AvgIpc) is 2.56. The van der Waals surface area contributed by atoms with E-state index in [9.17, 15) is 19.5 Å². The minimum absolute atomic E-state index is 0.135. The number of carboxylic acids is 1. The normalized spacial score (nSPS) is 19.5. The van der Waals surface area contributed by atoms with E-state index in [0.717, 1.165) is 4.90 Å². The number of aliphatic carboxylic acids is 1. The third kappa shape index (κ3) is 6.25. The highest BCUT2D eigenvalue weighted by molar-refractivity contribution is 5.81. The summed E-state index contributed by atoms with van der Waals surface area (Å²) in [6.45, 7) is 10.7. The van der Waals surface area contributed by atoms with Gasteiger partial charge in [0.2, 0.25) is 0 Å². The zero-order valence-corrected chi connectivity index (χ0v) is 15.3. The summed E-state index contributed by atoms with van der Waals surface area (Å²) in [6, 6.07) is -1.17. The van der Waals surface area contributed by atoms with Crippen LogP contribution >= 0.6 is 0 Å². The number of carboxylic acid groups (broad SMARTS) is 1. The average molecular weight is 344 g/mol.